The smallest absolute Gasteiger partial charge is 0.151 e. The highest BCUT2D eigenvalue weighted by atomic mass is 35.5. The Kier molecular flexibility index (Phi) is 3.64. The van der Waals surface area contributed by atoms with Gasteiger partial charge in [-0.15, -0.1) is 11.3 Å². The highest BCUT2D eigenvalue weighted by molar-refractivity contribution is 8.00. The van der Waals surface area contributed by atoms with Gasteiger partial charge < -0.3 is 5.73 Å². The number of anilines is 1. The minimum absolute atomic E-state index is 0.693. The van der Waals surface area contributed by atoms with Crippen molar-refractivity contribution in [1.29, 1.82) is 0 Å². The molecule has 0 amide bonds. The zero-order valence-corrected chi connectivity index (χ0v) is 12.4. The van der Waals surface area contributed by atoms with Crippen LogP contribution in [0.4, 0.5) is 5.69 Å². The van der Waals surface area contributed by atoms with Gasteiger partial charge in [0.15, 0.2) is 4.34 Å². The molecule has 0 saturated heterocycles. The van der Waals surface area contributed by atoms with Crippen molar-refractivity contribution in [3.8, 4) is 0 Å². The van der Waals surface area contributed by atoms with Crippen molar-refractivity contribution < 1.29 is 0 Å². The summed E-state index contributed by atoms with van der Waals surface area (Å²) in [6.45, 7) is 0. The van der Waals surface area contributed by atoms with Crippen molar-refractivity contribution in [2.45, 2.75) is 10.1 Å². The molecule has 0 radical (unpaired) electrons. The summed E-state index contributed by atoms with van der Waals surface area (Å²) >= 11 is 9.58. The Morgan fingerprint density at radius 2 is 2.05 bits per heavy atom. The molecular formula is C14H11ClN2S2. The van der Waals surface area contributed by atoms with Crippen molar-refractivity contribution in [2.24, 2.45) is 0 Å². The molecule has 0 aliphatic heterocycles. The molecule has 3 aromatic rings. The van der Waals surface area contributed by atoms with E-state index in [1.807, 2.05) is 30.3 Å². The molecule has 2 aromatic carbocycles. The van der Waals surface area contributed by atoms with E-state index in [2.05, 4.69) is 11.1 Å². The van der Waals surface area contributed by atoms with Gasteiger partial charge in [-0.3, -0.25) is 0 Å². The fourth-order valence-corrected chi connectivity index (χ4v) is 4.14. The molecule has 0 unspecified atom stereocenters. The van der Waals surface area contributed by atoms with E-state index in [1.165, 1.54) is 4.70 Å². The standard InChI is InChI=1S/C14H11ClN2S2/c15-11-7-10(16)6-5-9(11)8-18-14-17-12-3-1-2-4-13(12)19-14/h1-7H,8,16H2. The second-order valence-electron chi connectivity index (χ2n) is 4.09. The minimum atomic E-state index is 0.693. The molecule has 2 N–H and O–H groups in total. The van der Waals surface area contributed by atoms with Crippen molar-refractivity contribution >= 4 is 50.6 Å². The average Bonchev–Trinajstić information content (AvgIpc) is 2.80. The highest BCUT2D eigenvalue weighted by Gasteiger charge is 2.06. The lowest BCUT2D eigenvalue weighted by Crippen LogP contribution is -1.87. The van der Waals surface area contributed by atoms with E-state index < -0.39 is 0 Å². The number of aromatic nitrogens is 1. The Bertz CT molecular complexity index is 691. The van der Waals surface area contributed by atoms with Gasteiger partial charge in [0.2, 0.25) is 0 Å². The lowest BCUT2D eigenvalue weighted by Gasteiger charge is -2.03. The molecule has 0 aliphatic rings. The van der Waals surface area contributed by atoms with Gasteiger partial charge in [-0.05, 0) is 29.8 Å². The van der Waals surface area contributed by atoms with Gasteiger partial charge in [0.1, 0.15) is 0 Å². The van der Waals surface area contributed by atoms with E-state index in [1.54, 1.807) is 29.2 Å². The van der Waals surface area contributed by atoms with Crippen LogP contribution >= 0.6 is 34.7 Å². The van der Waals surface area contributed by atoms with E-state index in [0.29, 0.717) is 10.7 Å². The van der Waals surface area contributed by atoms with Crippen LogP contribution in [-0.4, -0.2) is 4.98 Å². The van der Waals surface area contributed by atoms with Crippen LogP contribution in [0.3, 0.4) is 0 Å². The molecule has 1 aromatic heterocycles. The molecule has 0 aliphatic carbocycles. The highest BCUT2D eigenvalue weighted by Crippen LogP contribution is 2.33. The topological polar surface area (TPSA) is 38.9 Å². The van der Waals surface area contributed by atoms with E-state index in [9.17, 15) is 0 Å². The van der Waals surface area contributed by atoms with Crippen LogP contribution in [-0.2, 0) is 5.75 Å². The molecule has 1 heterocycles. The fraction of sp³-hybridized carbons (Fsp3) is 0.0714. The van der Waals surface area contributed by atoms with E-state index >= 15 is 0 Å². The summed E-state index contributed by atoms with van der Waals surface area (Å²) in [4.78, 5) is 4.59. The zero-order chi connectivity index (χ0) is 13.2. The second kappa shape index (κ2) is 5.41. The van der Waals surface area contributed by atoms with Crippen LogP contribution in [0, 0.1) is 0 Å². The third-order valence-corrected chi connectivity index (χ3v) is 5.28. The molecule has 0 spiro atoms. The molecule has 0 saturated carbocycles. The van der Waals surface area contributed by atoms with Gasteiger partial charge >= 0.3 is 0 Å². The predicted octanol–water partition coefficient (Wildman–Crippen LogP) is 4.82. The van der Waals surface area contributed by atoms with Gasteiger partial charge in [0.25, 0.3) is 0 Å². The molecule has 2 nitrogen and oxygen atoms in total. The van der Waals surface area contributed by atoms with Gasteiger partial charge in [-0.1, -0.05) is 41.6 Å². The van der Waals surface area contributed by atoms with Gasteiger partial charge in [-0.2, -0.15) is 0 Å². The number of rotatable bonds is 3. The van der Waals surface area contributed by atoms with Gasteiger partial charge in [0.05, 0.1) is 10.2 Å². The molecule has 3 rings (SSSR count). The molecule has 0 bridgehead atoms. The van der Waals surface area contributed by atoms with Crippen LogP contribution in [0.15, 0.2) is 46.8 Å². The van der Waals surface area contributed by atoms with Crippen LogP contribution in [0.5, 0.6) is 0 Å². The Labute approximate surface area is 124 Å². The molecule has 5 heteroatoms. The first kappa shape index (κ1) is 12.8. The minimum Gasteiger partial charge on any atom is -0.399 e. The number of nitrogens with zero attached hydrogens (tertiary/aromatic N) is 1. The number of hydrogen-bond donors (Lipinski definition) is 1. The number of nitrogen functional groups attached to an aromatic ring is 1. The number of thioether (sulfide) groups is 1. The quantitative estimate of drug-likeness (QED) is 0.557. The van der Waals surface area contributed by atoms with Crippen LogP contribution in [0.1, 0.15) is 5.56 Å². The fourth-order valence-electron chi connectivity index (χ4n) is 1.73. The maximum absolute atomic E-state index is 6.16. The first-order valence-electron chi connectivity index (χ1n) is 5.74. The van der Waals surface area contributed by atoms with E-state index in [4.69, 9.17) is 17.3 Å². The normalized spacial score (nSPS) is 11.0. The number of fused-ring (bicyclic) bond motifs is 1. The number of hydrogen-bond acceptors (Lipinski definition) is 4. The molecule has 0 fully saturated rings. The van der Waals surface area contributed by atoms with Crippen LogP contribution in [0.2, 0.25) is 5.02 Å². The molecular weight excluding hydrogens is 296 g/mol. The summed E-state index contributed by atoms with van der Waals surface area (Å²) in [6, 6.07) is 13.8. The van der Waals surface area contributed by atoms with E-state index in [-0.39, 0.29) is 0 Å². The van der Waals surface area contributed by atoms with Crippen LogP contribution in [0.25, 0.3) is 10.2 Å². The lowest BCUT2D eigenvalue weighted by molar-refractivity contribution is 1.29. The predicted molar refractivity (Wildman–Crippen MR) is 85.0 cm³/mol. The third-order valence-electron chi connectivity index (χ3n) is 2.70. The summed E-state index contributed by atoms with van der Waals surface area (Å²) in [6.07, 6.45) is 0. The van der Waals surface area contributed by atoms with E-state index in [0.717, 1.165) is 21.2 Å². The van der Waals surface area contributed by atoms with Gasteiger partial charge in [-0.25, -0.2) is 4.98 Å². The Balaban J connectivity index is 1.78. The third kappa shape index (κ3) is 2.86. The summed E-state index contributed by atoms with van der Waals surface area (Å²) in [5, 5.41) is 0.716. The number of para-hydroxylation sites is 1. The maximum Gasteiger partial charge on any atom is 0.151 e. The Morgan fingerprint density at radius 3 is 2.84 bits per heavy atom. The Morgan fingerprint density at radius 1 is 1.21 bits per heavy atom. The van der Waals surface area contributed by atoms with Crippen molar-refractivity contribution in [3.05, 3.63) is 53.1 Å². The van der Waals surface area contributed by atoms with Crippen LogP contribution < -0.4 is 5.73 Å². The SMILES string of the molecule is Nc1ccc(CSc2nc3ccccc3s2)c(Cl)c1. The number of halogens is 1. The largest absolute Gasteiger partial charge is 0.399 e. The molecule has 96 valence electrons. The zero-order valence-electron chi connectivity index (χ0n) is 9.97. The number of thiazole rings is 1. The summed E-state index contributed by atoms with van der Waals surface area (Å²) in [5.41, 5.74) is 8.52. The van der Waals surface area contributed by atoms with Crippen molar-refractivity contribution in [2.75, 3.05) is 5.73 Å². The van der Waals surface area contributed by atoms with Crippen molar-refractivity contribution in [1.82, 2.24) is 4.98 Å². The Hall–Kier alpha value is -1.23. The van der Waals surface area contributed by atoms with Crippen molar-refractivity contribution in [3.63, 3.8) is 0 Å². The monoisotopic (exact) mass is 306 g/mol. The summed E-state index contributed by atoms with van der Waals surface area (Å²) in [7, 11) is 0. The summed E-state index contributed by atoms with van der Waals surface area (Å²) in [5.74, 6) is 0.804. The van der Waals surface area contributed by atoms with Gasteiger partial charge in [0, 0.05) is 16.5 Å². The first-order chi connectivity index (χ1) is 9.22. The second-order valence-corrected chi connectivity index (χ2v) is 6.75. The first-order valence-corrected chi connectivity index (χ1v) is 7.92. The number of benzene rings is 2. The molecule has 19 heavy (non-hydrogen) atoms. The summed E-state index contributed by atoms with van der Waals surface area (Å²) < 4.78 is 2.28. The lowest BCUT2D eigenvalue weighted by atomic mass is 10.2. The maximum atomic E-state index is 6.16. The average molecular weight is 307 g/mol. The molecule has 0 atom stereocenters. The number of nitrogens with two attached hydrogens (primary N) is 1.